The number of esters is 1. The summed E-state index contributed by atoms with van der Waals surface area (Å²) < 4.78 is 37.5. The molecule has 2 saturated heterocycles. The molecule has 1 aromatic carbocycles. The monoisotopic (exact) mass is 845 g/mol. The lowest BCUT2D eigenvalue weighted by molar-refractivity contribution is -0.295. The highest BCUT2D eigenvalue weighted by molar-refractivity contribution is 6.00. The van der Waals surface area contributed by atoms with Crippen LogP contribution >= 0.6 is 0 Å². The number of carbonyl (C=O) groups is 4. The number of ketones is 2. The largest absolute Gasteiger partial charge is 0.494 e. The fourth-order valence-corrected chi connectivity index (χ4v) is 8.50. The first-order valence-corrected chi connectivity index (χ1v) is 21.0. The molecule has 3 heterocycles. The lowest BCUT2D eigenvalue weighted by atomic mass is 9.74. The number of alkyl carbamates (subject to hydrolysis) is 1. The number of aliphatic hydroxyl groups is 2. The maximum atomic E-state index is 14.4. The van der Waals surface area contributed by atoms with Gasteiger partial charge in [-0.15, -0.1) is 5.10 Å². The first kappa shape index (κ1) is 48.7. The number of aliphatic hydroxyl groups excluding tert-OH is 1. The van der Waals surface area contributed by atoms with E-state index in [4.69, 9.17) is 28.4 Å². The number of methoxy groups -OCH3 is 1. The van der Waals surface area contributed by atoms with Crippen molar-refractivity contribution in [3.05, 3.63) is 30.5 Å². The van der Waals surface area contributed by atoms with Gasteiger partial charge >= 0.3 is 12.1 Å². The number of ether oxygens (including phenoxy) is 6. The minimum absolute atomic E-state index is 0.0120. The summed E-state index contributed by atoms with van der Waals surface area (Å²) in [7, 11) is 5.13. The van der Waals surface area contributed by atoms with Gasteiger partial charge < -0.3 is 48.9 Å². The maximum absolute atomic E-state index is 14.4. The molecule has 1 aromatic heterocycles. The Bertz CT molecular complexity index is 1750. The van der Waals surface area contributed by atoms with Crippen molar-refractivity contribution in [2.24, 2.45) is 23.7 Å². The molecule has 0 unspecified atom stereocenters. The van der Waals surface area contributed by atoms with Gasteiger partial charge in [-0.1, -0.05) is 32.9 Å². The van der Waals surface area contributed by atoms with Crippen molar-refractivity contribution in [3.8, 4) is 17.0 Å². The number of aromatic nitrogens is 3. The molecular formula is C43H67N5O12. The van der Waals surface area contributed by atoms with E-state index in [-0.39, 0.29) is 43.9 Å². The van der Waals surface area contributed by atoms with Crippen LogP contribution in [0.3, 0.4) is 0 Å². The van der Waals surface area contributed by atoms with Gasteiger partial charge in [0, 0.05) is 37.1 Å². The maximum Gasteiger partial charge on any atom is 0.407 e. The highest BCUT2D eigenvalue weighted by Gasteiger charge is 2.53. The Kier molecular flexibility index (Phi) is 16.8. The quantitative estimate of drug-likeness (QED) is 0.205. The van der Waals surface area contributed by atoms with Gasteiger partial charge in [-0.05, 0) is 92.2 Å². The molecule has 0 saturated carbocycles. The third-order valence-electron chi connectivity index (χ3n) is 12.1. The molecular weight excluding hydrogens is 778 g/mol. The van der Waals surface area contributed by atoms with Crippen molar-refractivity contribution in [1.82, 2.24) is 25.2 Å². The van der Waals surface area contributed by atoms with Gasteiger partial charge in [0.25, 0.3) is 0 Å². The number of benzene rings is 1. The summed E-state index contributed by atoms with van der Waals surface area (Å²) in [6.07, 6.45) is -5.04. The van der Waals surface area contributed by atoms with Crippen molar-refractivity contribution in [2.45, 2.75) is 142 Å². The minimum atomic E-state index is -2.09. The minimum Gasteiger partial charge on any atom is -0.494 e. The second-order valence-corrected chi connectivity index (χ2v) is 17.0. The Morgan fingerprint density at radius 1 is 1.02 bits per heavy atom. The van der Waals surface area contributed by atoms with E-state index in [1.54, 1.807) is 45.5 Å². The lowest BCUT2D eigenvalue weighted by Gasteiger charge is -2.47. The molecule has 17 heteroatoms. The van der Waals surface area contributed by atoms with Crippen LogP contribution in [0.5, 0.6) is 5.75 Å². The van der Waals surface area contributed by atoms with Crippen molar-refractivity contribution in [2.75, 3.05) is 34.4 Å². The third-order valence-corrected chi connectivity index (χ3v) is 12.1. The van der Waals surface area contributed by atoms with E-state index in [2.05, 4.69) is 15.6 Å². The molecule has 2 fully saturated rings. The molecule has 2 aromatic rings. The second-order valence-electron chi connectivity index (χ2n) is 17.0. The van der Waals surface area contributed by atoms with E-state index in [1.165, 1.54) is 21.0 Å². The Labute approximate surface area is 353 Å². The number of nitrogens with zero attached hydrogens (tertiary/aromatic N) is 4. The summed E-state index contributed by atoms with van der Waals surface area (Å²) in [6, 6.07) is 7.11. The Hall–Kier alpha value is -4.00. The molecule has 2 aliphatic heterocycles. The van der Waals surface area contributed by atoms with Crippen LogP contribution in [-0.2, 0) is 44.6 Å². The van der Waals surface area contributed by atoms with E-state index in [0.717, 1.165) is 11.3 Å². The van der Waals surface area contributed by atoms with Crippen LogP contribution in [0.15, 0.2) is 30.5 Å². The predicted molar refractivity (Wildman–Crippen MR) is 220 cm³/mol. The molecule has 17 nitrogen and oxygen atoms in total. The number of rotatable bonds is 12. The fraction of sp³-hybridized carbons (Fsp3) is 0.721. The van der Waals surface area contributed by atoms with Gasteiger partial charge in [0.15, 0.2) is 12.1 Å². The van der Waals surface area contributed by atoms with Crippen molar-refractivity contribution in [3.63, 3.8) is 0 Å². The third kappa shape index (κ3) is 11.3. The van der Waals surface area contributed by atoms with Gasteiger partial charge in [-0.25, -0.2) is 4.79 Å². The van der Waals surface area contributed by atoms with Crippen LogP contribution in [0.4, 0.5) is 4.79 Å². The number of Topliss-reactive ketones (excluding diaryl/α,β-unsaturated/α-hetero) is 2. The summed E-state index contributed by atoms with van der Waals surface area (Å²) in [5.74, 6) is -5.36. The first-order chi connectivity index (χ1) is 28.2. The van der Waals surface area contributed by atoms with Gasteiger partial charge in [-0.3, -0.25) is 19.1 Å². The molecule has 1 amide bonds. The zero-order chi connectivity index (χ0) is 44.7. The first-order valence-electron chi connectivity index (χ1n) is 21.0. The van der Waals surface area contributed by atoms with Gasteiger partial charge in [-0.2, -0.15) is 0 Å². The van der Waals surface area contributed by atoms with E-state index in [9.17, 15) is 29.4 Å². The number of nitrogens with one attached hydrogen (secondary N) is 1. The standard InChI is InChI=1S/C43H67N5O12/c1-13-33-43(9,54)38(60-41(53)44-19-20-48-23-31(45-46-48)29-15-17-30(18-16-29)56-14-2)26(5)34(49)24(3)22-42(8,55-12)37(27(6)35(50)28(7)39(52)58-33)59-40-36(51)32(47(10)11)21-25(4)57-40/h15-18,23-28,32-33,36-38,40,51,54H,13-14,19-22H2,1-12H3,(H,44,53)/t24-,25+,26+,27+,28-,32-,33-,36+,37-,38-,40-,42-,43-/m1/s1. The highest BCUT2D eigenvalue weighted by Crippen LogP contribution is 2.39. The molecule has 0 radical (unpaired) electrons. The van der Waals surface area contributed by atoms with Crippen LogP contribution in [0, 0.1) is 23.7 Å². The molecule has 336 valence electrons. The topological polar surface area (TPSA) is 210 Å². The van der Waals surface area contributed by atoms with Gasteiger partial charge in [0.2, 0.25) is 0 Å². The Morgan fingerprint density at radius 3 is 2.27 bits per heavy atom. The molecule has 60 heavy (non-hydrogen) atoms. The Balaban J connectivity index is 1.59. The van der Waals surface area contributed by atoms with Gasteiger partial charge in [0.1, 0.15) is 47.1 Å². The zero-order valence-corrected chi connectivity index (χ0v) is 37.2. The number of cyclic esters (lactones) is 1. The summed E-state index contributed by atoms with van der Waals surface area (Å²) in [5, 5.41) is 34.6. The van der Waals surface area contributed by atoms with Gasteiger partial charge in [0.05, 0.1) is 43.1 Å². The average Bonchev–Trinajstić information content (AvgIpc) is 3.69. The molecule has 3 N–H and O–H groups in total. The average molecular weight is 846 g/mol. The molecule has 4 rings (SSSR count). The van der Waals surface area contributed by atoms with E-state index < -0.39 is 83.4 Å². The van der Waals surface area contributed by atoms with Crippen molar-refractivity contribution in [1.29, 1.82) is 0 Å². The van der Waals surface area contributed by atoms with Crippen LogP contribution in [0.1, 0.15) is 81.6 Å². The van der Waals surface area contributed by atoms with Crippen molar-refractivity contribution >= 4 is 23.6 Å². The van der Waals surface area contributed by atoms with E-state index >= 15 is 0 Å². The number of hydrogen-bond acceptors (Lipinski definition) is 15. The Morgan fingerprint density at radius 2 is 1.67 bits per heavy atom. The molecule has 0 spiro atoms. The smallest absolute Gasteiger partial charge is 0.407 e. The van der Waals surface area contributed by atoms with Crippen LogP contribution in [-0.4, -0.2) is 142 Å². The van der Waals surface area contributed by atoms with Crippen LogP contribution in [0.25, 0.3) is 11.3 Å². The zero-order valence-electron chi connectivity index (χ0n) is 37.2. The highest BCUT2D eigenvalue weighted by atomic mass is 16.7. The summed E-state index contributed by atoms with van der Waals surface area (Å²) in [6.45, 7) is 15.6. The van der Waals surface area contributed by atoms with Crippen LogP contribution < -0.4 is 10.1 Å². The number of hydrogen-bond donors (Lipinski definition) is 3. The van der Waals surface area contributed by atoms with E-state index in [0.29, 0.717) is 18.7 Å². The predicted octanol–water partition coefficient (Wildman–Crippen LogP) is 3.81. The fourth-order valence-electron chi connectivity index (χ4n) is 8.50. The SMILES string of the molecule is CCOc1ccc(-c2cn(CCNC(=O)O[C@@H]3[C@@H](C)C(=O)[C@H](C)C[C@@](C)(OC)[C@H](O[C@H]4O[C@@H](C)C[C@@H](N(C)C)[C@@H]4O)[C@@H](C)C(=O)[C@@H](C)C(=O)O[C@H](CC)[C@@]3(C)O)nn2)cc1. The molecule has 13 atom stereocenters. The number of likely N-dealkylation sites (N-methyl/N-ethyl adjacent to an activating group) is 1. The summed E-state index contributed by atoms with van der Waals surface area (Å²) in [4.78, 5) is 57.8. The number of carbonyl (C=O) groups excluding carboxylic acids is 4. The van der Waals surface area contributed by atoms with Crippen molar-refractivity contribution < 1.29 is 57.8 Å². The second kappa shape index (κ2) is 20.7. The normalized spacial score (nSPS) is 34.8. The molecule has 0 bridgehead atoms. The summed E-state index contributed by atoms with van der Waals surface area (Å²) >= 11 is 0. The lowest BCUT2D eigenvalue weighted by Crippen LogP contribution is -2.60. The van der Waals surface area contributed by atoms with E-state index in [1.807, 2.05) is 57.1 Å². The summed E-state index contributed by atoms with van der Waals surface area (Å²) in [5.41, 5.74) is -1.99. The van der Waals surface area contributed by atoms with Crippen LogP contribution in [0.2, 0.25) is 0 Å². The number of amides is 1. The molecule has 2 aliphatic rings. The molecule has 0 aliphatic carbocycles.